The molecule has 1 N–H and O–H groups in total. The molecule has 0 saturated carbocycles. The SMILES string of the molecule is CC(CNC(=O)c1ccc(F)c(S)c1)c1nccs1. The van der Waals surface area contributed by atoms with Gasteiger partial charge >= 0.3 is 0 Å². The molecular formula is C13H13FN2OS2. The number of carbonyl (C=O) groups excluding carboxylic acids is 1. The maximum atomic E-state index is 13.0. The van der Waals surface area contributed by atoms with Crippen LogP contribution in [0.4, 0.5) is 4.39 Å². The lowest BCUT2D eigenvalue weighted by molar-refractivity contribution is 0.0951. The van der Waals surface area contributed by atoms with E-state index >= 15 is 0 Å². The van der Waals surface area contributed by atoms with Gasteiger partial charge < -0.3 is 5.32 Å². The average molecular weight is 296 g/mol. The van der Waals surface area contributed by atoms with E-state index in [1.54, 1.807) is 17.5 Å². The first-order valence-electron chi connectivity index (χ1n) is 5.74. The van der Waals surface area contributed by atoms with E-state index in [0.717, 1.165) is 5.01 Å². The molecule has 0 saturated heterocycles. The smallest absolute Gasteiger partial charge is 0.251 e. The summed E-state index contributed by atoms with van der Waals surface area (Å²) in [6, 6.07) is 4.10. The lowest BCUT2D eigenvalue weighted by Gasteiger charge is -2.10. The third-order valence-corrected chi connectivity index (χ3v) is 4.00. The van der Waals surface area contributed by atoms with Crippen molar-refractivity contribution in [2.45, 2.75) is 17.7 Å². The maximum Gasteiger partial charge on any atom is 0.251 e. The molecule has 0 aliphatic rings. The maximum absolute atomic E-state index is 13.0. The highest BCUT2D eigenvalue weighted by Crippen LogP contribution is 2.17. The van der Waals surface area contributed by atoms with Crippen LogP contribution in [-0.2, 0) is 0 Å². The highest BCUT2D eigenvalue weighted by Gasteiger charge is 2.12. The van der Waals surface area contributed by atoms with Gasteiger partial charge in [-0.15, -0.1) is 24.0 Å². The zero-order valence-electron chi connectivity index (χ0n) is 10.3. The molecule has 0 aliphatic heterocycles. The molecule has 1 atom stereocenters. The van der Waals surface area contributed by atoms with Crippen molar-refractivity contribution in [2.75, 3.05) is 6.54 Å². The predicted molar refractivity (Wildman–Crippen MR) is 76.5 cm³/mol. The number of amides is 1. The Morgan fingerprint density at radius 2 is 2.37 bits per heavy atom. The third kappa shape index (κ3) is 3.54. The zero-order valence-corrected chi connectivity index (χ0v) is 12.0. The number of thiazole rings is 1. The molecule has 2 aromatic rings. The minimum Gasteiger partial charge on any atom is -0.351 e. The van der Waals surface area contributed by atoms with Crippen LogP contribution in [0.2, 0.25) is 0 Å². The van der Waals surface area contributed by atoms with E-state index in [0.29, 0.717) is 12.1 Å². The molecule has 6 heteroatoms. The molecule has 1 unspecified atom stereocenters. The van der Waals surface area contributed by atoms with Gasteiger partial charge in [0.15, 0.2) is 0 Å². The lowest BCUT2D eigenvalue weighted by Crippen LogP contribution is -2.27. The number of benzene rings is 1. The molecule has 0 fully saturated rings. The van der Waals surface area contributed by atoms with E-state index in [-0.39, 0.29) is 16.7 Å². The summed E-state index contributed by atoms with van der Waals surface area (Å²) < 4.78 is 13.0. The molecule has 0 bridgehead atoms. The first-order valence-corrected chi connectivity index (χ1v) is 7.06. The van der Waals surface area contributed by atoms with Gasteiger partial charge in [-0.2, -0.15) is 0 Å². The topological polar surface area (TPSA) is 42.0 Å². The summed E-state index contributed by atoms with van der Waals surface area (Å²) in [6.45, 7) is 2.49. The van der Waals surface area contributed by atoms with Crippen molar-refractivity contribution in [3.05, 3.63) is 46.2 Å². The largest absolute Gasteiger partial charge is 0.351 e. The summed E-state index contributed by atoms with van der Waals surface area (Å²) in [6.07, 6.45) is 1.74. The Labute approximate surface area is 120 Å². The fraction of sp³-hybridized carbons (Fsp3) is 0.231. The summed E-state index contributed by atoms with van der Waals surface area (Å²) in [5.74, 6) is -0.519. The van der Waals surface area contributed by atoms with Gasteiger partial charge in [0.1, 0.15) is 5.82 Å². The number of hydrogen-bond acceptors (Lipinski definition) is 4. The number of carbonyl (C=O) groups is 1. The Hall–Kier alpha value is -1.40. The van der Waals surface area contributed by atoms with Crippen LogP contribution in [0.5, 0.6) is 0 Å². The van der Waals surface area contributed by atoms with Crippen LogP contribution >= 0.6 is 24.0 Å². The minimum atomic E-state index is -0.434. The van der Waals surface area contributed by atoms with Crippen molar-refractivity contribution < 1.29 is 9.18 Å². The molecule has 1 heterocycles. The van der Waals surface area contributed by atoms with Gasteiger partial charge in [-0.1, -0.05) is 6.92 Å². The summed E-state index contributed by atoms with van der Waals surface area (Å²) in [7, 11) is 0. The van der Waals surface area contributed by atoms with Crippen LogP contribution < -0.4 is 5.32 Å². The molecule has 19 heavy (non-hydrogen) atoms. The van der Waals surface area contributed by atoms with Crippen molar-refractivity contribution in [3.63, 3.8) is 0 Å². The second-order valence-electron chi connectivity index (χ2n) is 4.15. The summed E-state index contributed by atoms with van der Waals surface area (Å²) in [4.78, 5) is 16.3. The van der Waals surface area contributed by atoms with Crippen LogP contribution in [0, 0.1) is 5.82 Å². The lowest BCUT2D eigenvalue weighted by atomic mass is 10.1. The molecule has 0 aliphatic carbocycles. The number of hydrogen-bond donors (Lipinski definition) is 2. The highest BCUT2D eigenvalue weighted by atomic mass is 32.1. The van der Waals surface area contributed by atoms with Crippen molar-refractivity contribution >= 4 is 29.9 Å². The first-order chi connectivity index (χ1) is 9.08. The first kappa shape index (κ1) is 14.0. The number of aromatic nitrogens is 1. The van der Waals surface area contributed by atoms with E-state index in [1.807, 2.05) is 12.3 Å². The van der Waals surface area contributed by atoms with Gasteiger partial charge in [-0.05, 0) is 18.2 Å². The molecule has 100 valence electrons. The fourth-order valence-corrected chi connectivity index (χ4v) is 2.48. The van der Waals surface area contributed by atoms with E-state index in [2.05, 4.69) is 22.9 Å². The van der Waals surface area contributed by atoms with Gasteiger partial charge in [-0.3, -0.25) is 4.79 Å². The summed E-state index contributed by atoms with van der Waals surface area (Å²) in [5, 5.41) is 5.69. The molecule has 1 aromatic heterocycles. The molecular weight excluding hydrogens is 283 g/mol. The van der Waals surface area contributed by atoms with Gasteiger partial charge in [0.2, 0.25) is 0 Å². The molecule has 0 radical (unpaired) electrons. The number of rotatable bonds is 4. The van der Waals surface area contributed by atoms with Crippen molar-refractivity contribution in [3.8, 4) is 0 Å². The Morgan fingerprint density at radius 1 is 1.58 bits per heavy atom. The van der Waals surface area contributed by atoms with Crippen molar-refractivity contribution in [1.29, 1.82) is 0 Å². The summed E-state index contributed by atoms with van der Waals surface area (Å²) in [5.41, 5.74) is 0.401. The summed E-state index contributed by atoms with van der Waals surface area (Å²) >= 11 is 5.51. The second kappa shape index (κ2) is 6.16. The van der Waals surface area contributed by atoms with Gasteiger partial charge in [0.05, 0.1) is 5.01 Å². The van der Waals surface area contributed by atoms with Crippen molar-refractivity contribution in [2.24, 2.45) is 0 Å². The Kier molecular flexibility index (Phi) is 4.55. The van der Waals surface area contributed by atoms with Crippen LogP contribution in [-0.4, -0.2) is 17.4 Å². The highest BCUT2D eigenvalue weighted by molar-refractivity contribution is 7.80. The molecule has 1 amide bonds. The Balaban J connectivity index is 1.96. The van der Waals surface area contributed by atoms with E-state index < -0.39 is 5.82 Å². The van der Waals surface area contributed by atoms with Gasteiger partial charge in [0, 0.05) is 34.5 Å². The van der Waals surface area contributed by atoms with Crippen LogP contribution in [0.3, 0.4) is 0 Å². The van der Waals surface area contributed by atoms with Crippen LogP contribution in [0.1, 0.15) is 28.2 Å². The molecule has 3 nitrogen and oxygen atoms in total. The normalized spacial score (nSPS) is 12.2. The minimum absolute atomic E-state index is 0.153. The van der Waals surface area contributed by atoms with Crippen molar-refractivity contribution in [1.82, 2.24) is 10.3 Å². The Bertz CT molecular complexity index is 572. The molecule has 1 aromatic carbocycles. The van der Waals surface area contributed by atoms with E-state index in [1.165, 1.54) is 18.2 Å². The number of nitrogens with zero attached hydrogens (tertiary/aromatic N) is 1. The third-order valence-electron chi connectivity index (χ3n) is 2.65. The molecule has 2 rings (SSSR count). The van der Waals surface area contributed by atoms with E-state index in [9.17, 15) is 9.18 Å². The average Bonchev–Trinajstić information content (AvgIpc) is 2.92. The predicted octanol–water partition coefficient (Wildman–Crippen LogP) is 3.10. The van der Waals surface area contributed by atoms with E-state index in [4.69, 9.17) is 0 Å². The Morgan fingerprint density at radius 3 is 3.00 bits per heavy atom. The van der Waals surface area contributed by atoms with Gasteiger partial charge in [-0.25, -0.2) is 9.37 Å². The standard InChI is InChI=1S/C13H13FN2OS2/c1-8(13-15-4-5-19-13)7-16-12(17)9-2-3-10(14)11(18)6-9/h2-6,8,18H,7H2,1H3,(H,16,17). The van der Waals surface area contributed by atoms with Crippen LogP contribution in [0.25, 0.3) is 0 Å². The van der Waals surface area contributed by atoms with Gasteiger partial charge in [0.25, 0.3) is 5.91 Å². The number of nitrogens with one attached hydrogen (secondary N) is 1. The molecule has 0 spiro atoms. The number of thiol groups is 1. The number of halogens is 1. The quantitative estimate of drug-likeness (QED) is 0.851. The second-order valence-corrected chi connectivity index (χ2v) is 5.56. The fourth-order valence-electron chi connectivity index (χ4n) is 1.57. The zero-order chi connectivity index (χ0) is 13.8. The van der Waals surface area contributed by atoms with Crippen LogP contribution in [0.15, 0.2) is 34.7 Å². The monoisotopic (exact) mass is 296 g/mol.